The van der Waals surface area contributed by atoms with Gasteiger partial charge in [-0.15, -0.1) is 0 Å². The van der Waals surface area contributed by atoms with Crippen molar-refractivity contribution in [2.45, 2.75) is 12.8 Å². The molecule has 1 aliphatic heterocycles. The maximum absolute atomic E-state index is 12.6. The van der Waals surface area contributed by atoms with Gasteiger partial charge in [0.1, 0.15) is 5.75 Å². The second-order valence-corrected chi connectivity index (χ2v) is 5.80. The quantitative estimate of drug-likeness (QED) is 0.857. The smallest absolute Gasteiger partial charge is 0.227 e. The van der Waals surface area contributed by atoms with Gasteiger partial charge in [0.05, 0.1) is 13.5 Å². The molecule has 0 spiro atoms. The fourth-order valence-electron chi connectivity index (χ4n) is 2.85. The van der Waals surface area contributed by atoms with Crippen molar-refractivity contribution in [1.82, 2.24) is 14.9 Å². The van der Waals surface area contributed by atoms with Gasteiger partial charge in [-0.2, -0.15) is 0 Å². The lowest BCUT2D eigenvalue weighted by Gasteiger charge is -2.22. The Bertz CT molecular complexity index is 660. The van der Waals surface area contributed by atoms with Gasteiger partial charge in [0.2, 0.25) is 11.9 Å². The van der Waals surface area contributed by atoms with Crippen molar-refractivity contribution in [3.63, 3.8) is 0 Å². The van der Waals surface area contributed by atoms with E-state index in [9.17, 15) is 4.79 Å². The zero-order chi connectivity index (χ0) is 16.8. The molecule has 0 unspecified atom stereocenters. The van der Waals surface area contributed by atoms with Gasteiger partial charge >= 0.3 is 0 Å². The number of nitrogens with zero attached hydrogens (tertiary/aromatic N) is 4. The van der Waals surface area contributed by atoms with Gasteiger partial charge in [0, 0.05) is 38.6 Å². The van der Waals surface area contributed by atoms with E-state index in [1.807, 2.05) is 35.2 Å². The number of rotatable bonds is 4. The normalized spacial score (nSPS) is 15.0. The van der Waals surface area contributed by atoms with E-state index in [0.29, 0.717) is 13.0 Å². The molecular weight excluding hydrogens is 304 g/mol. The average molecular weight is 326 g/mol. The molecule has 6 nitrogen and oxygen atoms in total. The summed E-state index contributed by atoms with van der Waals surface area (Å²) in [5.41, 5.74) is 1.01. The van der Waals surface area contributed by atoms with E-state index in [0.717, 1.165) is 43.3 Å². The predicted molar refractivity (Wildman–Crippen MR) is 92.1 cm³/mol. The van der Waals surface area contributed by atoms with Crippen LogP contribution in [-0.2, 0) is 11.2 Å². The van der Waals surface area contributed by atoms with Crippen LogP contribution in [0.15, 0.2) is 42.7 Å². The first-order chi connectivity index (χ1) is 11.8. The number of ether oxygens (including phenoxy) is 1. The van der Waals surface area contributed by atoms with E-state index in [1.54, 1.807) is 19.5 Å². The summed E-state index contributed by atoms with van der Waals surface area (Å²) in [7, 11) is 1.64. The molecule has 1 fully saturated rings. The Morgan fingerprint density at radius 1 is 1.08 bits per heavy atom. The number of methoxy groups -OCH3 is 1. The molecule has 1 aliphatic rings. The highest BCUT2D eigenvalue weighted by Crippen LogP contribution is 2.14. The minimum Gasteiger partial charge on any atom is -0.497 e. The molecule has 6 heteroatoms. The number of carbonyl (C=O) groups excluding carboxylic acids is 1. The van der Waals surface area contributed by atoms with Crippen LogP contribution < -0.4 is 9.64 Å². The van der Waals surface area contributed by atoms with Gasteiger partial charge in [0.15, 0.2) is 0 Å². The fourth-order valence-corrected chi connectivity index (χ4v) is 2.85. The van der Waals surface area contributed by atoms with Crippen molar-refractivity contribution in [2.24, 2.45) is 0 Å². The molecule has 2 aromatic rings. The Morgan fingerprint density at radius 2 is 1.83 bits per heavy atom. The van der Waals surface area contributed by atoms with Crippen molar-refractivity contribution in [3.8, 4) is 5.75 Å². The first kappa shape index (κ1) is 16.2. The second kappa shape index (κ2) is 7.77. The van der Waals surface area contributed by atoms with Crippen LogP contribution in [0.25, 0.3) is 0 Å². The molecule has 126 valence electrons. The molecule has 1 amide bonds. The molecule has 2 heterocycles. The number of anilines is 1. The van der Waals surface area contributed by atoms with Crippen molar-refractivity contribution < 1.29 is 9.53 Å². The second-order valence-electron chi connectivity index (χ2n) is 5.80. The van der Waals surface area contributed by atoms with Crippen LogP contribution in [0, 0.1) is 0 Å². The monoisotopic (exact) mass is 326 g/mol. The number of hydrogen-bond acceptors (Lipinski definition) is 5. The number of carbonyl (C=O) groups is 1. The van der Waals surface area contributed by atoms with Crippen molar-refractivity contribution in [3.05, 3.63) is 48.3 Å². The van der Waals surface area contributed by atoms with Gasteiger partial charge in [-0.25, -0.2) is 9.97 Å². The van der Waals surface area contributed by atoms with E-state index in [4.69, 9.17) is 4.74 Å². The van der Waals surface area contributed by atoms with Gasteiger partial charge in [-0.1, -0.05) is 12.1 Å². The lowest BCUT2D eigenvalue weighted by molar-refractivity contribution is -0.130. The lowest BCUT2D eigenvalue weighted by Crippen LogP contribution is -2.36. The van der Waals surface area contributed by atoms with E-state index in [1.165, 1.54) is 0 Å². The Balaban J connectivity index is 1.57. The summed E-state index contributed by atoms with van der Waals surface area (Å²) in [5, 5.41) is 0. The Kier molecular flexibility index (Phi) is 5.25. The first-order valence-electron chi connectivity index (χ1n) is 8.19. The van der Waals surface area contributed by atoms with Crippen molar-refractivity contribution >= 4 is 11.9 Å². The summed E-state index contributed by atoms with van der Waals surface area (Å²) < 4.78 is 5.15. The summed E-state index contributed by atoms with van der Waals surface area (Å²) in [6.07, 6.45) is 4.85. The fraction of sp³-hybridized carbons (Fsp3) is 0.389. The topological polar surface area (TPSA) is 58.6 Å². The molecule has 0 bridgehead atoms. The predicted octanol–water partition coefficient (Wildman–Crippen LogP) is 1.77. The molecule has 3 rings (SSSR count). The van der Waals surface area contributed by atoms with Crippen LogP contribution in [0.2, 0.25) is 0 Å². The molecule has 1 aromatic heterocycles. The van der Waals surface area contributed by atoms with E-state index >= 15 is 0 Å². The standard InChI is InChI=1S/C18H22N4O2/c1-24-16-6-4-15(5-7-16)14-17(23)21-10-3-11-22(13-12-21)18-19-8-2-9-20-18/h2,4-9H,3,10-14H2,1H3. The maximum atomic E-state index is 12.6. The van der Waals surface area contributed by atoms with Crippen LogP contribution in [0.4, 0.5) is 5.95 Å². The molecule has 0 atom stereocenters. The highest BCUT2D eigenvalue weighted by molar-refractivity contribution is 5.79. The molecule has 1 aromatic carbocycles. The molecule has 0 radical (unpaired) electrons. The molecule has 0 N–H and O–H groups in total. The summed E-state index contributed by atoms with van der Waals surface area (Å²) in [6, 6.07) is 9.47. The molecular formula is C18H22N4O2. The Labute approximate surface area is 142 Å². The van der Waals surface area contributed by atoms with Gasteiger partial charge in [0.25, 0.3) is 0 Å². The van der Waals surface area contributed by atoms with Crippen LogP contribution in [-0.4, -0.2) is 54.1 Å². The number of aromatic nitrogens is 2. The van der Waals surface area contributed by atoms with Crippen LogP contribution in [0.3, 0.4) is 0 Å². The summed E-state index contributed by atoms with van der Waals surface area (Å²) in [6.45, 7) is 3.11. The van der Waals surface area contributed by atoms with E-state index in [2.05, 4.69) is 14.9 Å². The lowest BCUT2D eigenvalue weighted by atomic mass is 10.1. The average Bonchev–Trinajstić information content (AvgIpc) is 2.89. The Hall–Kier alpha value is -2.63. The summed E-state index contributed by atoms with van der Waals surface area (Å²) in [4.78, 5) is 25.2. The highest BCUT2D eigenvalue weighted by Gasteiger charge is 2.20. The van der Waals surface area contributed by atoms with E-state index < -0.39 is 0 Å². The molecule has 0 aliphatic carbocycles. The van der Waals surface area contributed by atoms with E-state index in [-0.39, 0.29) is 5.91 Å². The largest absolute Gasteiger partial charge is 0.497 e. The molecule has 1 saturated heterocycles. The zero-order valence-electron chi connectivity index (χ0n) is 13.9. The number of hydrogen-bond donors (Lipinski definition) is 0. The minimum absolute atomic E-state index is 0.163. The minimum atomic E-state index is 0.163. The molecule has 24 heavy (non-hydrogen) atoms. The van der Waals surface area contributed by atoms with Crippen LogP contribution >= 0.6 is 0 Å². The first-order valence-corrected chi connectivity index (χ1v) is 8.19. The van der Waals surface area contributed by atoms with Crippen LogP contribution in [0.5, 0.6) is 5.75 Å². The van der Waals surface area contributed by atoms with Crippen LogP contribution in [0.1, 0.15) is 12.0 Å². The summed E-state index contributed by atoms with van der Waals surface area (Å²) in [5.74, 6) is 1.71. The maximum Gasteiger partial charge on any atom is 0.227 e. The van der Waals surface area contributed by atoms with Gasteiger partial charge in [-0.05, 0) is 30.2 Å². The zero-order valence-corrected chi connectivity index (χ0v) is 13.9. The number of amides is 1. The SMILES string of the molecule is COc1ccc(CC(=O)N2CCCN(c3ncccn3)CC2)cc1. The number of benzene rings is 1. The van der Waals surface area contributed by atoms with Gasteiger partial charge < -0.3 is 14.5 Å². The Morgan fingerprint density at radius 3 is 2.54 bits per heavy atom. The van der Waals surface area contributed by atoms with Gasteiger partial charge in [-0.3, -0.25) is 4.79 Å². The van der Waals surface area contributed by atoms with Crippen molar-refractivity contribution in [1.29, 1.82) is 0 Å². The molecule has 0 saturated carbocycles. The van der Waals surface area contributed by atoms with Crippen molar-refractivity contribution in [2.75, 3.05) is 38.2 Å². The third-order valence-electron chi connectivity index (χ3n) is 4.20. The summed E-state index contributed by atoms with van der Waals surface area (Å²) >= 11 is 0. The highest BCUT2D eigenvalue weighted by atomic mass is 16.5. The third kappa shape index (κ3) is 4.01. The third-order valence-corrected chi connectivity index (χ3v) is 4.20.